The van der Waals surface area contributed by atoms with Gasteiger partial charge in [0, 0.05) is 58.7 Å². The molecule has 3 N–H and O–H groups in total. The number of carbonyl (C=O) groups is 4. The quantitative estimate of drug-likeness (QED) is 0.162. The topological polar surface area (TPSA) is 188 Å². The van der Waals surface area contributed by atoms with E-state index in [1.165, 1.54) is 19.1 Å². The Morgan fingerprint density at radius 2 is 1.58 bits per heavy atom. The molecule has 0 aromatic carbocycles. The van der Waals surface area contributed by atoms with Gasteiger partial charge in [0.1, 0.15) is 24.0 Å². The minimum atomic E-state index is -2.52. The van der Waals surface area contributed by atoms with Crippen LogP contribution >= 0.6 is 0 Å². The van der Waals surface area contributed by atoms with Crippen LogP contribution in [-0.2, 0) is 47.6 Å². The first-order chi connectivity index (χ1) is 28.3. The van der Waals surface area contributed by atoms with Crippen LogP contribution in [0.5, 0.6) is 0 Å². The highest BCUT2D eigenvalue weighted by atomic mass is 16.7. The van der Waals surface area contributed by atoms with Crippen molar-refractivity contribution in [1.29, 1.82) is 0 Å². The monoisotopic (exact) mass is 850 g/mol. The smallest absolute Gasteiger partial charge is 0.329 e. The highest BCUT2D eigenvalue weighted by Gasteiger charge is 2.56. The van der Waals surface area contributed by atoms with E-state index in [9.17, 15) is 34.5 Å². The molecule has 3 aliphatic heterocycles. The average Bonchev–Trinajstić information content (AvgIpc) is 3.21. The summed E-state index contributed by atoms with van der Waals surface area (Å²) in [4.78, 5) is 58.3. The Morgan fingerprint density at radius 3 is 2.23 bits per heavy atom. The van der Waals surface area contributed by atoms with Crippen LogP contribution in [0, 0.1) is 29.6 Å². The molecule has 4 rings (SSSR count). The van der Waals surface area contributed by atoms with Crippen molar-refractivity contribution in [1.82, 2.24) is 4.90 Å². The molecule has 3 heterocycles. The number of ketones is 2. The van der Waals surface area contributed by atoms with Crippen LogP contribution in [0.25, 0.3) is 0 Å². The standard InChI is InChI=1S/C46H75NO13/c1-26(2)58-18-16-33-20-27(3)19-28(4)21-39(56-9)42-40(57-10)23-30(6)46(54,60-42)43(51)44(52)47-17-12-11-13-34(47)45(53)59-41(31(7)36(49)25-37(33)50)29(5)22-32-14-15-35(48)38(24-32)55-8/h20,22,26,28,30-36,38-42,48-49,54H,11-19,21,23-25H2,1-10H3/b27-20+,29-22+/t28-,30+,31+,32-,33+,34-,35+,36-,38+,39+,40-,41-,42-,46+/m0/s1. The lowest BCUT2D eigenvalue weighted by Crippen LogP contribution is -2.64. The van der Waals surface area contributed by atoms with Gasteiger partial charge in [-0.25, -0.2) is 4.79 Å². The second-order valence-corrected chi connectivity index (χ2v) is 18.5. The molecule has 0 aromatic heterocycles. The number of methoxy groups -OCH3 is 3. The molecule has 2 bridgehead atoms. The van der Waals surface area contributed by atoms with Crippen molar-refractivity contribution in [2.24, 2.45) is 29.6 Å². The van der Waals surface area contributed by atoms with E-state index in [1.807, 2.05) is 46.8 Å². The van der Waals surface area contributed by atoms with Crippen molar-refractivity contribution in [3.05, 3.63) is 23.3 Å². The van der Waals surface area contributed by atoms with E-state index < -0.39 is 83.9 Å². The van der Waals surface area contributed by atoms with E-state index in [0.717, 1.165) is 5.57 Å². The molecule has 2 saturated heterocycles. The largest absolute Gasteiger partial charge is 0.456 e. The zero-order valence-corrected chi connectivity index (χ0v) is 37.8. The minimum Gasteiger partial charge on any atom is -0.456 e. The van der Waals surface area contributed by atoms with Gasteiger partial charge in [-0.1, -0.05) is 38.5 Å². The number of carbonyl (C=O) groups excluding carboxylic acids is 4. The normalized spacial score (nSPS) is 39.7. The number of ether oxygens (including phenoxy) is 6. The lowest BCUT2D eigenvalue weighted by molar-refractivity contribution is -0.302. The van der Waals surface area contributed by atoms with Gasteiger partial charge in [0.2, 0.25) is 5.79 Å². The van der Waals surface area contributed by atoms with Crippen molar-refractivity contribution in [3.8, 4) is 0 Å². The molecule has 0 radical (unpaired) electrons. The number of esters is 1. The minimum absolute atomic E-state index is 0.00106. The second-order valence-electron chi connectivity index (χ2n) is 18.5. The van der Waals surface area contributed by atoms with Gasteiger partial charge in [0.25, 0.3) is 11.7 Å². The van der Waals surface area contributed by atoms with Crippen LogP contribution in [0.2, 0.25) is 0 Å². The van der Waals surface area contributed by atoms with E-state index in [-0.39, 0.29) is 55.6 Å². The fourth-order valence-electron chi connectivity index (χ4n) is 9.72. The molecule has 14 nitrogen and oxygen atoms in total. The summed E-state index contributed by atoms with van der Waals surface area (Å²) >= 11 is 0. The SMILES string of the molecule is CO[C@H]1C[C@@H](C)[C@@]2(O)O[C@H]1[C@H](OC)C[C@@H](C)C/C(C)=C/[C@@H](CCOC(C)C)C(=O)C[C@H](O)[C@@H](C)[C@H](/C(C)=C/[C@@H]1CC[C@@H](O)[C@H](OC)C1)OC(=O)[C@@H]1CCCCN1C(=O)C2=O. The first-order valence-corrected chi connectivity index (χ1v) is 22.2. The van der Waals surface area contributed by atoms with E-state index in [2.05, 4.69) is 0 Å². The number of rotatable bonds is 9. The van der Waals surface area contributed by atoms with E-state index in [4.69, 9.17) is 28.4 Å². The summed E-state index contributed by atoms with van der Waals surface area (Å²) in [6.45, 7) is 13.5. The molecule has 0 unspecified atom stereocenters. The van der Waals surface area contributed by atoms with Crippen molar-refractivity contribution in [3.63, 3.8) is 0 Å². The Kier molecular flexibility index (Phi) is 18.9. The number of nitrogens with zero attached hydrogens (tertiary/aromatic N) is 1. The molecule has 3 fully saturated rings. The maximum absolute atomic E-state index is 14.4. The number of hydrogen-bond donors (Lipinski definition) is 3. The summed E-state index contributed by atoms with van der Waals surface area (Å²) in [5.41, 5.74) is 1.61. The van der Waals surface area contributed by atoms with Crippen molar-refractivity contribution < 1.29 is 62.9 Å². The summed E-state index contributed by atoms with van der Waals surface area (Å²) in [5.74, 6) is -7.81. The maximum Gasteiger partial charge on any atom is 0.329 e. The van der Waals surface area contributed by atoms with Crippen molar-refractivity contribution in [2.75, 3.05) is 34.5 Å². The molecule has 342 valence electrons. The van der Waals surface area contributed by atoms with Gasteiger partial charge in [-0.05, 0) is 109 Å². The van der Waals surface area contributed by atoms with E-state index in [0.29, 0.717) is 63.5 Å². The average molecular weight is 850 g/mol. The number of fused-ring (bicyclic) bond motifs is 3. The zero-order chi connectivity index (χ0) is 44.5. The summed E-state index contributed by atoms with van der Waals surface area (Å²) in [6, 6.07) is -1.15. The molecule has 14 atom stereocenters. The van der Waals surface area contributed by atoms with Gasteiger partial charge in [0.15, 0.2) is 0 Å². The van der Waals surface area contributed by atoms with Crippen LogP contribution in [0.1, 0.15) is 119 Å². The lowest BCUT2D eigenvalue weighted by Gasteiger charge is -2.47. The van der Waals surface area contributed by atoms with Crippen LogP contribution in [0.4, 0.5) is 0 Å². The predicted molar refractivity (Wildman–Crippen MR) is 223 cm³/mol. The molecule has 1 saturated carbocycles. The third-order valence-corrected chi connectivity index (χ3v) is 13.3. The summed E-state index contributed by atoms with van der Waals surface area (Å²) in [6.07, 6.45) is 3.20. The number of piperidine rings is 1. The summed E-state index contributed by atoms with van der Waals surface area (Å²) in [7, 11) is 4.62. The lowest BCUT2D eigenvalue weighted by atomic mass is 9.81. The van der Waals surface area contributed by atoms with Gasteiger partial charge >= 0.3 is 5.97 Å². The molecule has 14 heteroatoms. The third kappa shape index (κ3) is 12.5. The maximum atomic E-state index is 14.4. The highest BCUT2D eigenvalue weighted by molar-refractivity contribution is 6.39. The highest BCUT2D eigenvalue weighted by Crippen LogP contribution is 2.39. The second kappa shape index (κ2) is 22.7. The van der Waals surface area contributed by atoms with Crippen LogP contribution in [0.15, 0.2) is 23.3 Å². The number of hydrogen-bond acceptors (Lipinski definition) is 13. The van der Waals surface area contributed by atoms with Gasteiger partial charge in [-0.15, -0.1) is 0 Å². The summed E-state index contributed by atoms with van der Waals surface area (Å²) < 4.78 is 35.8. The van der Waals surface area contributed by atoms with Gasteiger partial charge < -0.3 is 48.6 Å². The van der Waals surface area contributed by atoms with Gasteiger partial charge in [0.05, 0.1) is 36.6 Å². The molecule has 60 heavy (non-hydrogen) atoms. The first-order valence-electron chi connectivity index (χ1n) is 22.2. The molecule has 1 aliphatic carbocycles. The Hall–Kier alpha value is -2.56. The third-order valence-electron chi connectivity index (χ3n) is 13.3. The number of allylic oxidation sites excluding steroid dienone is 3. The van der Waals surface area contributed by atoms with Crippen molar-refractivity contribution in [2.45, 2.75) is 180 Å². The van der Waals surface area contributed by atoms with Crippen LogP contribution < -0.4 is 0 Å². The van der Waals surface area contributed by atoms with Crippen LogP contribution in [0.3, 0.4) is 0 Å². The molecular weight excluding hydrogens is 775 g/mol. The van der Waals surface area contributed by atoms with Crippen LogP contribution in [-0.4, -0.2) is 139 Å². The Bertz CT molecular complexity index is 1510. The number of Topliss-reactive ketones (excluding diaryl/α,β-unsaturated/α-hetero) is 2. The Labute approximate surface area is 357 Å². The number of aliphatic hydroxyl groups is 3. The van der Waals surface area contributed by atoms with E-state index >= 15 is 0 Å². The summed E-state index contributed by atoms with van der Waals surface area (Å²) in [5, 5.41) is 34.4. The number of cyclic esters (lactones) is 1. The Balaban J connectivity index is 1.79. The number of amides is 1. The zero-order valence-electron chi connectivity index (χ0n) is 37.8. The predicted octanol–water partition coefficient (Wildman–Crippen LogP) is 4.88. The molecular formula is C46H75NO13. The first kappa shape index (κ1) is 50.1. The fraction of sp³-hybridized carbons (Fsp3) is 0.826. The van der Waals surface area contributed by atoms with E-state index in [1.54, 1.807) is 21.0 Å². The molecule has 4 aliphatic rings. The van der Waals surface area contributed by atoms with Gasteiger partial charge in [-0.2, -0.15) is 0 Å². The Morgan fingerprint density at radius 1 is 0.917 bits per heavy atom. The number of aliphatic hydroxyl groups excluding tert-OH is 2. The molecule has 1 amide bonds. The van der Waals surface area contributed by atoms with Gasteiger partial charge in [-0.3, -0.25) is 14.4 Å². The molecule has 0 aromatic rings. The molecule has 0 spiro atoms. The van der Waals surface area contributed by atoms with Crippen molar-refractivity contribution >= 4 is 23.4 Å². The fourth-order valence-corrected chi connectivity index (χ4v) is 9.72.